The molecule has 0 N–H and O–H groups in total. The van der Waals surface area contributed by atoms with E-state index >= 15 is 0 Å². The largest absolute Gasteiger partial charge is 0.491 e. The van der Waals surface area contributed by atoms with Crippen LogP contribution in [-0.2, 0) is 4.74 Å². The Labute approximate surface area is 152 Å². The van der Waals surface area contributed by atoms with Crippen LogP contribution in [0.1, 0.15) is 47.6 Å². The molecule has 4 nitrogen and oxygen atoms in total. The molecule has 2 aromatic rings. The maximum Gasteiger partial charge on any atom is 0.254 e. The number of hydrogen-bond donors (Lipinski definition) is 0. The van der Waals surface area contributed by atoms with Gasteiger partial charge in [-0.25, -0.2) is 0 Å². The highest BCUT2D eigenvalue weighted by Crippen LogP contribution is 2.34. The third-order valence-electron chi connectivity index (χ3n) is 4.98. The second kappa shape index (κ2) is 7.58. The smallest absolute Gasteiger partial charge is 0.254 e. The zero-order valence-corrected chi connectivity index (χ0v) is 15.0. The van der Waals surface area contributed by atoms with Gasteiger partial charge in [0.25, 0.3) is 5.91 Å². The summed E-state index contributed by atoms with van der Waals surface area (Å²) in [4.78, 5) is 15.0. The predicted molar refractivity (Wildman–Crippen MR) is 98.2 cm³/mol. The monoisotopic (exact) mass is 357 g/mol. The highest BCUT2D eigenvalue weighted by molar-refractivity contribution is 7.08. The second-order valence-electron chi connectivity index (χ2n) is 6.69. The molecular weight excluding hydrogens is 334 g/mol. The summed E-state index contributed by atoms with van der Waals surface area (Å²) >= 11 is 1.69. The van der Waals surface area contributed by atoms with Crippen LogP contribution in [0.15, 0.2) is 41.1 Å². The molecule has 4 rings (SSSR count). The number of likely N-dealkylation sites (tertiary alicyclic amines) is 1. The zero-order valence-electron chi connectivity index (χ0n) is 14.2. The Bertz CT molecular complexity index is 709. The van der Waals surface area contributed by atoms with Crippen molar-refractivity contribution in [2.45, 2.75) is 37.8 Å². The van der Waals surface area contributed by atoms with Gasteiger partial charge in [-0.15, -0.1) is 0 Å². The van der Waals surface area contributed by atoms with E-state index in [2.05, 4.69) is 16.8 Å². The molecule has 3 heterocycles. The molecule has 0 spiro atoms. The number of amides is 1. The summed E-state index contributed by atoms with van der Waals surface area (Å²) in [6, 6.07) is 9.88. The number of thiophene rings is 1. The van der Waals surface area contributed by atoms with Crippen LogP contribution in [0.3, 0.4) is 0 Å². The van der Waals surface area contributed by atoms with Crippen molar-refractivity contribution in [2.75, 3.05) is 19.8 Å². The number of carbonyl (C=O) groups excluding carboxylic acids is 1. The van der Waals surface area contributed by atoms with E-state index < -0.39 is 0 Å². The molecular formula is C20H23NO3S. The molecule has 1 amide bonds. The Balaban J connectivity index is 1.45. The van der Waals surface area contributed by atoms with Crippen molar-refractivity contribution < 1.29 is 14.3 Å². The van der Waals surface area contributed by atoms with Crippen LogP contribution in [-0.4, -0.2) is 36.7 Å². The van der Waals surface area contributed by atoms with Gasteiger partial charge in [0.15, 0.2) is 0 Å². The third kappa shape index (κ3) is 3.72. The third-order valence-corrected chi connectivity index (χ3v) is 5.68. The Morgan fingerprint density at radius 1 is 1.28 bits per heavy atom. The van der Waals surface area contributed by atoms with Crippen molar-refractivity contribution >= 4 is 17.2 Å². The van der Waals surface area contributed by atoms with E-state index in [4.69, 9.17) is 9.47 Å². The molecule has 0 aliphatic carbocycles. The van der Waals surface area contributed by atoms with Gasteiger partial charge in [0, 0.05) is 18.7 Å². The van der Waals surface area contributed by atoms with Crippen LogP contribution in [0.2, 0.25) is 0 Å². The van der Waals surface area contributed by atoms with E-state index in [1.54, 1.807) is 11.3 Å². The summed E-state index contributed by atoms with van der Waals surface area (Å²) in [5.41, 5.74) is 1.95. The maximum absolute atomic E-state index is 13.0. The summed E-state index contributed by atoms with van der Waals surface area (Å²) in [5.74, 6) is 0.837. The Morgan fingerprint density at radius 2 is 2.24 bits per heavy atom. The van der Waals surface area contributed by atoms with Gasteiger partial charge in [0.2, 0.25) is 0 Å². The number of carbonyl (C=O) groups is 1. The van der Waals surface area contributed by atoms with E-state index in [1.165, 1.54) is 5.56 Å². The Morgan fingerprint density at radius 3 is 3.04 bits per heavy atom. The predicted octanol–water partition coefficient (Wildman–Crippen LogP) is 4.28. The summed E-state index contributed by atoms with van der Waals surface area (Å²) in [7, 11) is 0. The van der Waals surface area contributed by atoms with Crippen molar-refractivity contribution in [3.8, 4) is 5.75 Å². The van der Waals surface area contributed by atoms with Crippen molar-refractivity contribution in [1.29, 1.82) is 0 Å². The van der Waals surface area contributed by atoms with E-state index in [1.807, 2.05) is 29.2 Å². The number of ether oxygens (including phenoxy) is 2. The first kappa shape index (κ1) is 16.6. The number of nitrogens with zero attached hydrogens (tertiary/aromatic N) is 1. The minimum atomic E-state index is 0.0938. The molecule has 1 aromatic heterocycles. The second-order valence-corrected chi connectivity index (χ2v) is 7.47. The van der Waals surface area contributed by atoms with E-state index in [-0.39, 0.29) is 18.1 Å². The molecule has 0 bridgehead atoms. The molecule has 132 valence electrons. The van der Waals surface area contributed by atoms with Crippen LogP contribution in [0.4, 0.5) is 0 Å². The quantitative estimate of drug-likeness (QED) is 0.801. The number of rotatable bonds is 5. The van der Waals surface area contributed by atoms with Gasteiger partial charge in [-0.3, -0.25) is 4.79 Å². The van der Waals surface area contributed by atoms with Crippen LogP contribution < -0.4 is 4.74 Å². The lowest BCUT2D eigenvalue weighted by molar-refractivity contribution is 0.0676. The minimum absolute atomic E-state index is 0.0938. The molecule has 25 heavy (non-hydrogen) atoms. The molecule has 0 saturated carbocycles. The summed E-state index contributed by atoms with van der Waals surface area (Å²) in [6.45, 7) is 2.20. The summed E-state index contributed by atoms with van der Waals surface area (Å²) in [6.07, 6.45) is 4.43. The Kier molecular flexibility index (Phi) is 5.04. The molecule has 2 aliphatic rings. The lowest BCUT2D eigenvalue weighted by Gasteiger charge is -2.24. The number of benzene rings is 1. The average molecular weight is 357 g/mol. The van der Waals surface area contributed by atoms with Crippen LogP contribution in [0, 0.1) is 0 Å². The zero-order chi connectivity index (χ0) is 17.1. The lowest BCUT2D eigenvalue weighted by Crippen LogP contribution is -2.30. The molecule has 2 fully saturated rings. The van der Waals surface area contributed by atoms with Crippen LogP contribution in [0.5, 0.6) is 5.75 Å². The first-order chi connectivity index (χ1) is 12.3. The molecule has 1 aromatic carbocycles. The van der Waals surface area contributed by atoms with Gasteiger partial charge in [0.05, 0.1) is 12.1 Å². The normalized spacial score (nSPS) is 23.1. The van der Waals surface area contributed by atoms with Gasteiger partial charge in [0.1, 0.15) is 12.4 Å². The molecule has 2 saturated heterocycles. The standard InChI is InChI=1S/C20H23NO3S/c22-20(21-9-2-7-19(21)16-8-11-25-14-16)15-4-1-5-17(12-15)24-13-18-6-3-10-23-18/h1,4-5,8,11-12,14,18-19H,2-3,6-7,9-10,13H2/t18-,19+/m1/s1. The summed E-state index contributed by atoms with van der Waals surface area (Å²) in [5, 5.41) is 4.23. The van der Waals surface area contributed by atoms with Crippen molar-refractivity contribution in [3.63, 3.8) is 0 Å². The van der Waals surface area contributed by atoms with E-state index in [9.17, 15) is 4.79 Å². The molecule has 0 unspecified atom stereocenters. The maximum atomic E-state index is 13.0. The van der Waals surface area contributed by atoms with Gasteiger partial charge < -0.3 is 14.4 Å². The Hall–Kier alpha value is -1.85. The van der Waals surface area contributed by atoms with E-state index in [0.717, 1.165) is 44.6 Å². The molecule has 2 aliphatic heterocycles. The van der Waals surface area contributed by atoms with Crippen molar-refractivity contribution in [3.05, 3.63) is 52.2 Å². The van der Waals surface area contributed by atoms with Gasteiger partial charge >= 0.3 is 0 Å². The van der Waals surface area contributed by atoms with Gasteiger partial charge in [-0.05, 0) is 66.3 Å². The van der Waals surface area contributed by atoms with E-state index in [0.29, 0.717) is 12.2 Å². The molecule has 2 atom stereocenters. The number of hydrogen-bond acceptors (Lipinski definition) is 4. The highest BCUT2D eigenvalue weighted by Gasteiger charge is 2.30. The fourth-order valence-electron chi connectivity index (χ4n) is 3.67. The lowest BCUT2D eigenvalue weighted by atomic mass is 10.1. The van der Waals surface area contributed by atoms with Crippen molar-refractivity contribution in [2.24, 2.45) is 0 Å². The average Bonchev–Trinajstić information content (AvgIpc) is 3.41. The SMILES string of the molecule is O=C(c1cccc(OC[C@H]2CCCO2)c1)N1CCC[C@H]1c1ccsc1. The first-order valence-corrected chi connectivity index (χ1v) is 9.93. The highest BCUT2D eigenvalue weighted by atomic mass is 32.1. The van der Waals surface area contributed by atoms with Crippen LogP contribution in [0.25, 0.3) is 0 Å². The van der Waals surface area contributed by atoms with Gasteiger partial charge in [-0.1, -0.05) is 6.07 Å². The first-order valence-electron chi connectivity index (χ1n) is 8.99. The molecule has 0 radical (unpaired) electrons. The molecule has 5 heteroatoms. The van der Waals surface area contributed by atoms with Crippen molar-refractivity contribution in [1.82, 2.24) is 4.90 Å². The van der Waals surface area contributed by atoms with Crippen LogP contribution >= 0.6 is 11.3 Å². The topological polar surface area (TPSA) is 38.8 Å². The summed E-state index contributed by atoms with van der Waals surface area (Å²) < 4.78 is 11.4. The van der Waals surface area contributed by atoms with Gasteiger partial charge in [-0.2, -0.15) is 11.3 Å². The fraction of sp³-hybridized carbons (Fsp3) is 0.450. The fourth-order valence-corrected chi connectivity index (χ4v) is 4.38. The minimum Gasteiger partial charge on any atom is -0.491 e.